The quantitative estimate of drug-likeness (QED) is 0.283. The number of fused-ring (bicyclic) bond motifs is 1. The average molecular weight is 487 g/mol. The Kier molecular flexibility index (Phi) is 5.50. The van der Waals surface area contributed by atoms with Gasteiger partial charge in [0.05, 0.1) is 36.5 Å². The molecule has 6 aromatic rings. The van der Waals surface area contributed by atoms with Crippen molar-refractivity contribution in [3.63, 3.8) is 0 Å². The van der Waals surface area contributed by atoms with E-state index < -0.39 is 5.97 Å². The molecule has 37 heavy (non-hydrogen) atoms. The molecule has 7 heteroatoms. The number of pyridine rings is 1. The first-order chi connectivity index (χ1) is 18.1. The molecule has 3 heterocycles. The molecule has 0 radical (unpaired) electrons. The SMILES string of the molecule is COc1ccc(-c2cnc3ccc(-c4cn[nH]c4-c4ccc(-c5ccc(C(=O)O)cc5)cc4)cn23)cc1. The number of imidazole rings is 1. The Balaban J connectivity index is 1.33. The topological polar surface area (TPSA) is 92.5 Å². The van der Waals surface area contributed by atoms with E-state index in [0.29, 0.717) is 0 Å². The van der Waals surface area contributed by atoms with Crippen molar-refractivity contribution in [3.8, 4) is 50.5 Å². The molecule has 0 saturated carbocycles. The van der Waals surface area contributed by atoms with E-state index in [1.54, 1.807) is 19.2 Å². The highest BCUT2D eigenvalue weighted by Crippen LogP contribution is 2.33. The molecule has 3 aromatic heterocycles. The fraction of sp³-hybridized carbons (Fsp3) is 0.0333. The number of hydrogen-bond donors (Lipinski definition) is 2. The van der Waals surface area contributed by atoms with E-state index in [-0.39, 0.29) is 5.56 Å². The predicted molar refractivity (Wildman–Crippen MR) is 143 cm³/mol. The van der Waals surface area contributed by atoms with Gasteiger partial charge in [-0.2, -0.15) is 5.10 Å². The minimum Gasteiger partial charge on any atom is -0.497 e. The number of aromatic amines is 1. The lowest BCUT2D eigenvalue weighted by molar-refractivity contribution is 0.0697. The Morgan fingerprint density at radius 2 is 1.41 bits per heavy atom. The molecule has 7 nitrogen and oxygen atoms in total. The minimum atomic E-state index is -0.932. The van der Waals surface area contributed by atoms with E-state index >= 15 is 0 Å². The van der Waals surface area contributed by atoms with Crippen LogP contribution in [0, 0.1) is 0 Å². The van der Waals surface area contributed by atoms with E-state index in [0.717, 1.165) is 56.2 Å². The van der Waals surface area contributed by atoms with Gasteiger partial charge in [-0.25, -0.2) is 9.78 Å². The highest BCUT2D eigenvalue weighted by Gasteiger charge is 2.13. The zero-order chi connectivity index (χ0) is 25.4. The van der Waals surface area contributed by atoms with Crippen molar-refractivity contribution < 1.29 is 14.6 Å². The summed E-state index contributed by atoms with van der Waals surface area (Å²) < 4.78 is 7.37. The van der Waals surface area contributed by atoms with Crippen LogP contribution in [0.25, 0.3) is 50.4 Å². The Labute approximate surface area is 212 Å². The molecule has 180 valence electrons. The normalized spacial score (nSPS) is 11.1. The van der Waals surface area contributed by atoms with Gasteiger partial charge in [-0.1, -0.05) is 36.4 Å². The van der Waals surface area contributed by atoms with Crippen molar-refractivity contribution in [2.75, 3.05) is 7.11 Å². The fourth-order valence-corrected chi connectivity index (χ4v) is 4.47. The van der Waals surface area contributed by atoms with E-state index in [2.05, 4.69) is 25.8 Å². The highest BCUT2D eigenvalue weighted by atomic mass is 16.5. The molecule has 0 aliphatic rings. The van der Waals surface area contributed by atoms with Crippen LogP contribution >= 0.6 is 0 Å². The second kappa shape index (κ2) is 9.13. The summed E-state index contributed by atoms with van der Waals surface area (Å²) in [5.74, 6) is -0.122. The van der Waals surface area contributed by atoms with Gasteiger partial charge in [-0.15, -0.1) is 0 Å². The highest BCUT2D eigenvalue weighted by molar-refractivity contribution is 5.88. The summed E-state index contributed by atoms with van der Waals surface area (Å²) in [6.07, 6.45) is 5.78. The van der Waals surface area contributed by atoms with Crippen LogP contribution in [0.15, 0.2) is 104 Å². The summed E-state index contributed by atoms with van der Waals surface area (Å²) in [4.78, 5) is 15.7. The van der Waals surface area contributed by atoms with Gasteiger partial charge in [0.25, 0.3) is 0 Å². The van der Waals surface area contributed by atoms with Crippen molar-refractivity contribution in [1.29, 1.82) is 0 Å². The van der Waals surface area contributed by atoms with E-state index in [1.165, 1.54) is 0 Å². The minimum absolute atomic E-state index is 0.271. The number of hydrogen-bond acceptors (Lipinski definition) is 4. The lowest BCUT2D eigenvalue weighted by atomic mass is 9.99. The van der Waals surface area contributed by atoms with Gasteiger partial charge >= 0.3 is 5.97 Å². The number of nitrogens with zero attached hydrogens (tertiary/aromatic N) is 3. The molecule has 0 unspecified atom stereocenters. The molecule has 0 bridgehead atoms. The molecular weight excluding hydrogens is 464 g/mol. The number of benzene rings is 3. The summed E-state index contributed by atoms with van der Waals surface area (Å²) in [7, 11) is 1.66. The molecule has 0 amide bonds. The number of carboxylic acids is 1. The van der Waals surface area contributed by atoms with Crippen molar-refractivity contribution in [1.82, 2.24) is 19.6 Å². The third-order valence-corrected chi connectivity index (χ3v) is 6.48. The number of methoxy groups -OCH3 is 1. The summed E-state index contributed by atoms with van der Waals surface area (Å²) in [5, 5.41) is 16.6. The molecule has 0 atom stereocenters. The lowest BCUT2D eigenvalue weighted by Crippen LogP contribution is -1.94. The molecule has 0 spiro atoms. The predicted octanol–water partition coefficient (Wildman–Crippen LogP) is 6.43. The Morgan fingerprint density at radius 1 is 0.784 bits per heavy atom. The van der Waals surface area contributed by atoms with E-state index in [1.807, 2.05) is 85.2 Å². The zero-order valence-electron chi connectivity index (χ0n) is 19.9. The summed E-state index contributed by atoms with van der Waals surface area (Å²) in [6.45, 7) is 0. The van der Waals surface area contributed by atoms with Gasteiger partial charge in [0, 0.05) is 28.5 Å². The maximum absolute atomic E-state index is 11.1. The largest absolute Gasteiger partial charge is 0.497 e. The van der Waals surface area contributed by atoms with Gasteiger partial charge < -0.3 is 9.84 Å². The summed E-state index contributed by atoms with van der Waals surface area (Å²) in [5.41, 5.74) is 9.03. The fourth-order valence-electron chi connectivity index (χ4n) is 4.47. The Bertz CT molecular complexity index is 1710. The van der Waals surface area contributed by atoms with Crippen LogP contribution < -0.4 is 4.74 Å². The average Bonchev–Trinajstić information content (AvgIpc) is 3.61. The first-order valence-corrected chi connectivity index (χ1v) is 11.7. The van der Waals surface area contributed by atoms with Crippen molar-refractivity contribution in [3.05, 3.63) is 109 Å². The number of nitrogens with one attached hydrogen (secondary N) is 1. The molecule has 0 aliphatic heterocycles. The third kappa shape index (κ3) is 4.12. The second-order valence-corrected chi connectivity index (χ2v) is 8.64. The monoisotopic (exact) mass is 486 g/mol. The summed E-state index contributed by atoms with van der Waals surface area (Å²) >= 11 is 0. The molecule has 0 fully saturated rings. The number of aromatic carboxylic acids is 1. The number of ether oxygens (including phenoxy) is 1. The van der Waals surface area contributed by atoms with E-state index in [4.69, 9.17) is 9.84 Å². The Hall–Kier alpha value is -5.17. The van der Waals surface area contributed by atoms with Gasteiger partial charge in [-0.3, -0.25) is 9.50 Å². The van der Waals surface area contributed by atoms with Crippen LogP contribution in [0.5, 0.6) is 5.75 Å². The van der Waals surface area contributed by atoms with E-state index in [9.17, 15) is 4.79 Å². The van der Waals surface area contributed by atoms with Gasteiger partial charge in [0.1, 0.15) is 11.4 Å². The summed E-state index contributed by atoms with van der Waals surface area (Å²) in [6, 6.07) is 27.0. The molecule has 2 N–H and O–H groups in total. The first kappa shape index (κ1) is 22.3. The first-order valence-electron chi connectivity index (χ1n) is 11.7. The molecule has 6 rings (SSSR count). The van der Waals surface area contributed by atoms with Crippen molar-refractivity contribution in [2.24, 2.45) is 0 Å². The standard InChI is InChI=1S/C30H22N4O3/c1-37-25-13-10-21(11-14-25)27-17-31-28-15-12-24(18-34(27)28)26-16-32-33-29(26)22-6-2-19(3-7-22)20-4-8-23(9-5-20)30(35)36/h2-18H,1H3,(H,32,33)(H,35,36). The van der Waals surface area contributed by atoms with Crippen LogP contribution in [-0.2, 0) is 0 Å². The maximum atomic E-state index is 11.1. The molecule has 0 aliphatic carbocycles. The van der Waals surface area contributed by atoms with Crippen LogP contribution in [0.4, 0.5) is 0 Å². The van der Waals surface area contributed by atoms with Crippen LogP contribution in [0.2, 0.25) is 0 Å². The van der Waals surface area contributed by atoms with Crippen LogP contribution in [-0.4, -0.2) is 37.8 Å². The third-order valence-electron chi connectivity index (χ3n) is 6.48. The van der Waals surface area contributed by atoms with Crippen LogP contribution in [0.3, 0.4) is 0 Å². The number of carbonyl (C=O) groups is 1. The molecular formula is C30H22N4O3. The van der Waals surface area contributed by atoms with Crippen LogP contribution in [0.1, 0.15) is 10.4 Å². The smallest absolute Gasteiger partial charge is 0.335 e. The maximum Gasteiger partial charge on any atom is 0.335 e. The van der Waals surface area contributed by atoms with Gasteiger partial charge in [0.15, 0.2) is 0 Å². The number of H-pyrrole nitrogens is 1. The Morgan fingerprint density at radius 3 is 2.08 bits per heavy atom. The zero-order valence-corrected chi connectivity index (χ0v) is 19.9. The van der Waals surface area contributed by atoms with Crippen molar-refractivity contribution in [2.45, 2.75) is 0 Å². The van der Waals surface area contributed by atoms with Crippen molar-refractivity contribution >= 4 is 11.6 Å². The molecule has 3 aromatic carbocycles. The molecule has 0 saturated heterocycles. The van der Waals surface area contributed by atoms with Gasteiger partial charge in [0.2, 0.25) is 0 Å². The number of carboxylic acid groups (broad SMARTS) is 1. The second-order valence-electron chi connectivity index (χ2n) is 8.64. The lowest BCUT2D eigenvalue weighted by Gasteiger charge is -2.08. The van der Waals surface area contributed by atoms with Gasteiger partial charge in [-0.05, 0) is 59.7 Å². The number of aromatic nitrogens is 4. The number of rotatable bonds is 6.